The summed E-state index contributed by atoms with van der Waals surface area (Å²) in [4.78, 5) is 18.2. The molecule has 1 aliphatic carbocycles. The molecule has 3 aromatic heterocycles. The van der Waals surface area contributed by atoms with E-state index in [1.165, 1.54) is 70.9 Å². The lowest BCUT2D eigenvalue weighted by molar-refractivity contribution is 0.666. The summed E-state index contributed by atoms with van der Waals surface area (Å²) < 4.78 is 2.41. The monoisotopic (exact) mass is 1210 g/mol. The molecule has 0 saturated carbocycles. The summed E-state index contributed by atoms with van der Waals surface area (Å²) in [7, 11) is 0. The maximum Gasteiger partial charge on any atom is 0.160 e. The summed E-state index contributed by atoms with van der Waals surface area (Å²) in [5.41, 5.74) is 23.9. The quantitative estimate of drug-likeness (QED) is 0.121. The van der Waals surface area contributed by atoms with E-state index in [9.17, 15) is 0 Å². The van der Waals surface area contributed by atoms with E-state index in [1.807, 2.05) is 30.5 Å². The molecule has 95 heavy (non-hydrogen) atoms. The fourth-order valence-corrected chi connectivity index (χ4v) is 15.2. The number of nitrogens with zero attached hydrogens (tertiary/aromatic N) is 5. The van der Waals surface area contributed by atoms with Gasteiger partial charge >= 0.3 is 0 Å². The van der Waals surface area contributed by atoms with Crippen LogP contribution in [0.5, 0.6) is 0 Å². The first-order valence-electron chi connectivity index (χ1n) is 32.6. The summed E-state index contributed by atoms with van der Waals surface area (Å²) in [5.74, 6) is 1.48. The fraction of sp³-hybridized carbons (Fsp3) is 0.0333. The van der Waals surface area contributed by atoms with Gasteiger partial charge in [0.2, 0.25) is 0 Å². The maximum atomic E-state index is 5.30. The first-order chi connectivity index (χ1) is 46.9. The molecule has 0 bridgehead atoms. The molecule has 0 N–H and O–H groups in total. The van der Waals surface area contributed by atoms with Crippen molar-refractivity contribution < 1.29 is 0 Å². The van der Waals surface area contributed by atoms with Crippen molar-refractivity contribution in [3.05, 3.63) is 345 Å². The number of benzene rings is 14. The van der Waals surface area contributed by atoms with Crippen LogP contribution in [0.3, 0.4) is 0 Å². The number of hydrogen-bond donors (Lipinski definition) is 0. The van der Waals surface area contributed by atoms with Crippen molar-refractivity contribution in [3.63, 3.8) is 0 Å². The Balaban J connectivity index is 0.832. The number of hydrogen-bond acceptors (Lipinski definition) is 4. The minimum absolute atomic E-state index is 0.406. The van der Waals surface area contributed by atoms with Crippen LogP contribution >= 0.6 is 0 Å². The summed E-state index contributed by atoms with van der Waals surface area (Å²) in [5, 5.41) is 9.89. The Bertz CT molecular complexity index is 5710. The van der Waals surface area contributed by atoms with Crippen molar-refractivity contribution in [3.8, 4) is 95.4 Å². The number of pyridine rings is 1. The van der Waals surface area contributed by atoms with E-state index in [1.54, 1.807) is 0 Å². The van der Waals surface area contributed by atoms with Crippen molar-refractivity contribution in [2.24, 2.45) is 0 Å². The van der Waals surface area contributed by atoms with Gasteiger partial charge in [-0.25, -0.2) is 15.0 Å². The summed E-state index contributed by atoms with van der Waals surface area (Å²) in [6.45, 7) is 4.85. The van der Waals surface area contributed by atoms with E-state index in [2.05, 4.69) is 327 Å². The first-order valence-corrected chi connectivity index (χ1v) is 32.6. The topological polar surface area (TPSA) is 46.8 Å². The zero-order valence-corrected chi connectivity index (χ0v) is 52.5. The van der Waals surface area contributed by atoms with Gasteiger partial charge in [0, 0.05) is 61.5 Å². The highest BCUT2D eigenvalue weighted by Crippen LogP contribution is 2.56. The van der Waals surface area contributed by atoms with Gasteiger partial charge in [-0.2, -0.15) is 0 Å². The van der Waals surface area contributed by atoms with Gasteiger partial charge in [0.15, 0.2) is 5.82 Å². The van der Waals surface area contributed by atoms with Crippen LogP contribution in [0.15, 0.2) is 334 Å². The predicted molar refractivity (Wildman–Crippen MR) is 397 cm³/mol. The van der Waals surface area contributed by atoms with Gasteiger partial charge in [0.25, 0.3) is 0 Å². The van der Waals surface area contributed by atoms with E-state index in [0.29, 0.717) is 5.82 Å². The third-order valence-electron chi connectivity index (χ3n) is 19.5. The van der Waals surface area contributed by atoms with Crippen LogP contribution in [-0.2, 0) is 5.41 Å². The summed E-state index contributed by atoms with van der Waals surface area (Å²) >= 11 is 0. The Kier molecular flexibility index (Phi) is 13.2. The number of fused-ring (bicyclic) bond motifs is 14. The van der Waals surface area contributed by atoms with Crippen LogP contribution in [0.1, 0.15) is 25.0 Å². The molecule has 0 amide bonds. The second kappa shape index (κ2) is 22.5. The number of rotatable bonds is 11. The van der Waals surface area contributed by atoms with Crippen molar-refractivity contribution in [1.29, 1.82) is 0 Å². The van der Waals surface area contributed by atoms with Crippen LogP contribution in [0.2, 0.25) is 0 Å². The van der Waals surface area contributed by atoms with Gasteiger partial charge in [-0.15, -0.1) is 0 Å². The predicted octanol–water partition coefficient (Wildman–Crippen LogP) is 23.9. The lowest BCUT2D eigenvalue weighted by atomic mass is 9.79. The second-order valence-corrected chi connectivity index (χ2v) is 25.5. The molecule has 0 saturated heterocycles. The van der Waals surface area contributed by atoms with E-state index < -0.39 is 5.41 Å². The Morgan fingerprint density at radius 3 is 1.37 bits per heavy atom. The molecule has 0 aliphatic heterocycles. The molecule has 0 atom stereocenters. The highest BCUT2D eigenvalue weighted by Gasteiger charge is 2.39. The van der Waals surface area contributed by atoms with Crippen molar-refractivity contribution in [1.82, 2.24) is 19.5 Å². The summed E-state index contributed by atoms with van der Waals surface area (Å²) in [6, 6.07) is 119. The molecular formula is C90H61N5. The smallest absolute Gasteiger partial charge is 0.160 e. The molecule has 14 aromatic carbocycles. The van der Waals surface area contributed by atoms with Crippen LogP contribution in [0.4, 0.5) is 17.1 Å². The molecule has 0 unspecified atom stereocenters. The molecule has 0 fully saturated rings. The highest BCUT2D eigenvalue weighted by molar-refractivity contribution is 6.36. The van der Waals surface area contributed by atoms with Crippen molar-refractivity contribution >= 4 is 71.2 Å². The molecule has 0 radical (unpaired) electrons. The third kappa shape index (κ3) is 9.42. The molecule has 5 nitrogen and oxygen atoms in total. The third-order valence-corrected chi connectivity index (χ3v) is 19.5. The molecular weight excluding hydrogens is 1150 g/mol. The molecule has 18 rings (SSSR count). The Morgan fingerprint density at radius 1 is 0.295 bits per heavy atom. The zero-order valence-electron chi connectivity index (χ0n) is 52.5. The van der Waals surface area contributed by atoms with Crippen LogP contribution in [0.25, 0.3) is 149 Å². The summed E-state index contributed by atoms with van der Waals surface area (Å²) in [6.07, 6.45) is 1.94. The average Bonchev–Trinajstić information content (AvgIpc) is 1.51. The number of aromatic nitrogens is 4. The van der Waals surface area contributed by atoms with Gasteiger partial charge in [0.05, 0.1) is 22.4 Å². The van der Waals surface area contributed by atoms with Crippen LogP contribution < -0.4 is 4.90 Å². The van der Waals surface area contributed by atoms with Gasteiger partial charge in [-0.05, 0) is 173 Å². The Labute approximate surface area is 551 Å². The van der Waals surface area contributed by atoms with Crippen LogP contribution in [0, 0.1) is 0 Å². The van der Waals surface area contributed by atoms with Crippen LogP contribution in [-0.4, -0.2) is 19.5 Å². The minimum atomic E-state index is -0.406. The Morgan fingerprint density at radius 2 is 0.758 bits per heavy atom. The van der Waals surface area contributed by atoms with E-state index >= 15 is 0 Å². The second-order valence-electron chi connectivity index (χ2n) is 25.5. The lowest BCUT2D eigenvalue weighted by Crippen LogP contribution is -2.15. The maximum absolute atomic E-state index is 5.30. The van der Waals surface area contributed by atoms with E-state index in [0.717, 1.165) is 101 Å². The SMILES string of the molecule is CC1(C)c2ccc(-c3cccc(N(c4cccc(-c5ccccc5)c4)c4cc(-c5ccccc5)cc(-c5ccccc5)c4)c3)cc2-c2ccc3c(c21)c1c2c4ccccc4c4ccccc4c2ccc1n3-c1cc(-c2cc(-c3ccccc3)nc(-c3ccccc3)n2)ccn1. The fourth-order valence-electron chi connectivity index (χ4n) is 15.2. The molecule has 0 spiro atoms. The highest BCUT2D eigenvalue weighted by atomic mass is 15.1. The van der Waals surface area contributed by atoms with Gasteiger partial charge in [-0.1, -0.05) is 263 Å². The lowest BCUT2D eigenvalue weighted by Gasteiger charge is -2.28. The Hall–Kier alpha value is -12.3. The average molecular weight is 1210 g/mol. The normalized spacial score (nSPS) is 12.4. The van der Waals surface area contributed by atoms with Crippen molar-refractivity contribution in [2.45, 2.75) is 19.3 Å². The first kappa shape index (κ1) is 55.5. The van der Waals surface area contributed by atoms with Crippen molar-refractivity contribution in [2.75, 3.05) is 4.90 Å². The standard InChI is InChI=1S/C90H61N5/c1-90(2)79-45-42-65(64-35-23-37-70(52-64)94(69-36-22-34-63(51-69)58-24-8-3-9-25-58)71-53-67(59-26-10-4-11-27-59)50-68(54-71)60-28-12-5-13-29-60)55-78(79)77-44-47-83-87(88(77)90)86-82(46-43-76-74-40-19-18-38-72(74)73-39-20-21-41-75(73)85(76)86)95(83)84-56-66(48-49-91-84)81-57-80(61-30-14-6-15-31-61)92-89(93-81)62-32-16-7-17-33-62/h3-57H,1-2H3. The van der Waals surface area contributed by atoms with Gasteiger partial charge in [-0.3, -0.25) is 4.57 Å². The largest absolute Gasteiger partial charge is 0.310 e. The van der Waals surface area contributed by atoms with E-state index in [-0.39, 0.29) is 0 Å². The molecule has 17 aromatic rings. The molecule has 446 valence electrons. The van der Waals surface area contributed by atoms with Gasteiger partial charge in [0.1, 0.15) is 5.82 Å². The van der Waals surface area contributed by atoms with E-state index in [4.69, 9.17) is 15.0 Å². The molecule has 3 heterocycles. The molecule has 5 heteroatoms. The minimum Gasteiger partial charge on any atom is -0.310 e. The van der Waals surface area contributed by atoms with Gasteiger partial charge < -0.3 is 4.90 Å². The molecule has 1 aliphatic rings. The zero-order chi connectivity index (χ0) is 63.1. The number of anilines is 3.